The molecule has 5 nitrogen and oxygen atoms in total. The molecule has 0 unspecified atom stereocenters. The van der Waals surface area contributed by atoms with Gasteiger partial charge in [0.05, 0.1) is 11.4 Å². The van der Waals surface area contributed by atoms with Gasteiger partial charge in [0.1, 0.15) is 0 Å². The van der Waals surface area contributed by atoms with Crippen molar-refractivity contribution in [1.82, 2.24) is 10.2 Å². The second-order valence-electron chi connectivity index (χ2n) is 4.73. The maximum Gasteiger partial charge on any atom is 0.278 e. The SMILES string of the molecule is C#Cc1cccc(NC(=O)c2n[nH]c(C(C)C)c2N)c1. The van der Waals surface area contributed by atoms with Gasteiger partial charge >= 0.3 is 0 Å². The predicted molar refractivity (Wildman–Crippen MR) is 79.4 cm³/mol. The van der Waals surface area contributed by atoms with Crippen LogP contribution in [0.25, 0.3) is 0 Å². The van der Waals surface area contributed by atoms with Gasteiger partial charge in [0.25, 0.3) is 5.91 Å². The summed E-state index contributed by atoms with van der Waals surface area (Å²) in [5.74, 6) is 2.33. The molecule has 0 saturated carbocycles. The zero-order chi connectivity index (χ0) is 14.7. The Morgan fingerprint density at radius 1 is 1.50 bits per heavy atom. The van der Waals surface area contributed by atoms with Crippen molar-refractivity contribution in [2.75, 3.05) is 11.1 Å². The van der Waals surface area contributed by atoms with E-state index in [9.17, 15) is 4.79 Å². The van der Waals surface area contributed by atoms with Crippen molar-refractivity contribution in [2.45, 2.75) is 19.8 Å². The number of nitrogen functional groups attached to an aromatic ring is 1. The van der Waals surface area contributed by atoms with E-state index in [0.29, 0.717) is 16.9 Å². The first-order valence-corrected chi connectivity index (χ1v) is 6.24. The second kappa shape index (κ2) is 5.49. The highest BCUT2D eigenvalue weighted by Gasteiger charge is 2.18. The summed E-state index contributed by atoms with van der Waals surface area (Å²) in [6.07, 6.45) is 5.32. The Morgan fingerprint density at radius 2 is 2.25 bits per heavy atom. The monoisotopic (exact) mass is 268 g/mol. The van der Waals surface area contributed by atoms with Gasteiger partial charge in [0, 0.05) is 11.3 Å². The van der Waals surface area contributed by atoms with Gasteiger partial charge < -0.3 is 11.1 Å². The van der Waals surface area contributed by atoms with Crippen LogP contribution in [0.1, 0.15) is 41.5 Å². The maximum atomic E-state index is 12.1. The zero-order valence-corrected chi connectivity index (χ0v) is 11.4. The van der Waals surface area contributed by atoms with E-state index in [0.717, 1.165) is 5.69 Å². The van der Waals surface area contributed by atoms with E-state index in [2.05, 4.69) is 21.4 Å². The third-order valence-corrected chi connectivity index (χ3v) is 2.91. The van der Waals surface area contributed by atoms with Crippen molar-refractivity contribution in [3.63, 3.8) is 0 Å². The van der Waals surface area contributed by atoms with Crippen molar-refractivity contribution in [3.05, 3.63) is 41.2 Å². The Labute approximate surface area is 117 Å². The summed E-state index contributed by atoms with van der Waals surface area (Å²) in [6.45, 7) is 3.95. The molecule has 1 aromatic heterocycles. The molecule has 0 atom stereocenters. The molecule has 0 spiro atoms. The average Bonchev–Trinajstić information content (AvgIpc) is 2.81. The van der Waals surface area contributed by atoms with Crippen molar-refractivity contribution in [2.24, 2.45) is 0 Å². The van der Waals surface area contributed by atoms with Crippen LogP contribution in [0.4, 0.5) is 11.4 Å². The number of nitrogens with one attached hydrogen (secondary N) is 2. The number of benzene rings is 1. The van der Waals surface area contributed by atoms with Gasteiger partial charge in [-0.05, 0) is 24.1 Å². The largest absolute Gasteiger partial charge is 0.395 e. The summed E-state index contributed by atoms with van der Waals surface area (Å²) in [7, 11) is 0. The third kappa shape index (κ3) is 2.64. The molecular weight excluding hydrogens is 252 g/mol. The number of amides is 1. The molecule has 2 aromatic rings. The fourth-order valence-electron chi connectivity index (χ4n) is 1.85. The number of aromatic amines is 1. The molecule has 0 fully saturated rings. The van der Waals surface area contributed by atoms with Gasteiger partial charge in [-0.3, -0.25) is 9.89 Å². The number of anilines is 2. The first kappa shape index (κ1) is 13.7. The molecule has 5 heteroatoms. The average molecular weight is 268 g/mol. The van der Waals surface area contributed by atoms with E-state index in [1.165, 1.54) is 0 Å². The lowest BCUT2D eigenvalue weighted by Crippen LogP contribution is -2.14. The molecule has 4 N–H and O–H groups in total. The minimum absolute atomic E-state index is 0.175. The quantitative estimate of drug-likeness (QED) is 0.747. The molecule has 1 heterocycles. The Morgan fingerprint density at radius 3 is 2.85 bits per heavy atom. The molecule has 1 aromatic carbocycles. The van der Waals surface area contributed by atoms with E-state index in [4.69, 9.17) is 12.2 Å². The van der Waals surface area contributed by atoms with Crippen LogP contribution in [0.5, 0.6) is 0 Å². The van der Waals surface area contributed by atoms with Gasteiger partial charge in [-0.1, -0.05) is 25.8 Å². The number of hydrogen-bond donors (Lipinski definition) is 3. The Balaban J connectivity index is 2.22. The number of terminal acetylenes is 1. The number of rotatable bonds is 3. The van der Waals surface area contributed by atoms with Crippen LogP contribution < -0.4 is 11.1 Å². The van der Waals surface area contributed by atoms with E-state index in [1.807, 2.05) is 13.8 Å². The molecule has 0 aliphatic rings. The molecule has 20 heavy (non-hydrogen) atoms. The number of H-pyrrole nitrogens is 1. The minimum atomic E-state index is -0.361. The van der Waals surface area contributed by atoms with E-state index in [-0.39, 0.29) is 17.5 Å². The third-order valence-electron chi connectivity index (χ3n) is 2.91. The van der Waals surface area contributed by atoms with Crippen molar-refractivity contribution in [3.8, 4) is 12.3 Å². The summed E-state index contributed by atoms with van der Waals surface area (Å²) in [4.78, 5) is 12.1. The van der Waals surface area contributed by atoms with Crippen LogP contribution in [-0.2, 0) is 0 Å². The lowest BCUT2D eigenvalue weighted by atomic mass is 10.1. The molecule has 1 amide bonds. The van der Waals surface area contributed by atoms with Gasteiger partial charge in [-0.25, -0.2) is 0 Å². The highest BCUT2D eigenvalue weighted by atomic mass is 16.2. The van der Waals surface area contributed by atoms with Crippen LogP contribution >= 0.6 is 0 Å². The number of hydrogen-bond acceptors (Lipinski definition) is 3. The molecule has 0 radical (unpaired) electrons. The number of carbonyl (C=O) groups is 1. The van der Waals surface area contributed by atoms with Crippen LogP contribution in [0.15, 0.2) is 24.3 Å². The number of nitrogens with two attached hydrogens (primary N) is 1. The van der Waals surface area contributed by atoms with E-state index < -0.39 is 0 Å². The van der Waals surface area contributed by atoms with Crippen molar-refractivity contribution < 1.29 is 4.79 Å². The highest BCUT2D eigenvalue weighted by Crippen LogP contribution is 2.22. The molecule has 102 valence electrons. The Hall–Kier alpha value is -2.74. The first-order chi connectivity index (χ1) is 9.52. The second-order valence-corrected chi connectivity index (χ2v) is 4.73. The van der Waals surface area contributed by atoms with Gasteiger partial charge in [0.2, 0.25) is 0 Å². The van der Waals surface area contributed by atoms with Crippen LogP contribution in [-0.4, -0.2) is 16.1 Å². The zero-order valence-electron chi connectivity index (χ0n) is 11.4. The van der Waals surface area contributed by atoms with Crippen molar-refractivity contribution >= 4 is 17.3 Å². The fraction of sp³-hybridized carbons (Fsp3) is 0.200. The summed E-state index contributed by atoms with van der Waals surface area (Å²) in [5.41, 5.74) is 8.56. The first-order valence-electron chi connectivity index (χ1n) is 6.24. The van der Waals surface area contributed by atoms with Gasteiger partial charge in [0.15, 0.2) is 5.69 Å². The van der Waals surface area contributed by atoms with Crippen LogP contribution in [0.2, 0.25) is 0 Å². The standard InChI is InChI=1S/C15H16N4O/c1-4-10-6-5-7-11(8-10)17-15(20)14-12(16)13(9(2)3)18-19-14/h1,5-9H,16H2,2-3H3,(H,17,20)(H,18,19). The summed E-state index contributed by atoms with van der Waals surface area (Å²) in [5, 5.41) is 9.50. The molecule has 0 saturated heterocycles. The molecular formula is C15H16N4O. The van der Waals surface area contributed by atoms with Crippen molar-refractivity contribution in [1.29, 1.82) is 0 Å². The Bertz CT molecular complexity index is 679. The summed E-state index contributed by atoms with van der Waals surface area (Å²) < 4.78 is 0. The lowest BCUT2D eigenvalue weighted by Gasteiger charge is -2.05. The number of carbonyl (C=O) groups excluding carboxylic acids is 1. The fourth-order valence-corrected chi connectivity index (χ4v) is 1.85. The normalized spacial score (nSPS) is 10.3. The molecule has 0 aliphatic heterocycles. The van der Waals surface area contributed by atoms with Crippen LogP contribution in [0, 0.1) is 12.3 Å². The highest BCUT2D eigenvalue weighted by molar-refractivity contribution is 6.06. The lowest BCUT2D eigenvalue weighted by molar-refractivity contribution is 0.102. The topological polar surface area (TPSA) is 83.8 Å². The van der Waals surface area contributed by atoms with Crippen LogP contribution in [0.3, 0.4) is 0 Å². The van der Waals surface area contributed by atoms with Gasteiger partial charge in [-0.15, -0.1) is 6.42 Å². The smallest absolute Gasteiger partial charge is 0.278 e. The summed E-state index contributed by atoms with van der Waals surface area (Å²) >= 11 is 0. The van der Waals surface area contributed by atoms with E-state index in [1.54, 1.807) is 24.3 Å². The predicted octanol–water partition coefficient (Wildman–Crippen LogP) is 2.35. The van der Waals surface area contributed by atoms with E-state index >= 15 is 0 Å². The molecule has 2 rings (SSSR count). The summed E-state index contributed by atoms with van der Waals surface area (Å²) in [6, 6.07) is 7.03. The molecule has 0 bridgehead atoms. The number of aromatic nitrogens is 2. The number of nitrogens with zero attached hydrogens (tertiary/aromatic N) is 1. The maximum absolute atomic E-state index is 12.1. The molecule has 0 aliphatic carbocycles. The minimum Gasteiger partial charge on any atom is -0.395 e. The van der Waals surface area contributed by atoms with Gasteiger partial charge in [-0.2, -0.15) is 5.10 Å². The Kier molecular flexibility index (Phi) is 3.76.